The molecule has 2 aliphatic heterocycles. The van der Waals surface area contributed by atoms with Gasteiger partial charge in [0.1, 0.15) is 12.4 Å². The first-order valence-corrected chi connectivity index (χ1v) is 12.8. The van der Waals surface area contributed by atoms with Crippen LogP contribution in [0.3, 0.4) is 0 Å². The Morgan fingerprint density at radius 2 is 1.61 bits per heavy atom. The maximum atomic E-state index is 6.20. The van der Waals surface area contributed by atoms with Crippen molar-refractivity contribution in [3.05, 3.63) is 77.0 Å². The van der Waals surface area contributed by atoms with Crippen molar-refractivity contribution in [1.82, 2.24) is 19.4 Å². The standard InChI is InChI=1S/C28H31N5O.CH5N/c1-19-10-11-23-24(29-19)7-5-8-25(23)32-16-14-31(15-17-32)13-12-22-6-4-9-26-28(22)34-18-27-30-20(2)21(3)33(26)27;1-2/h4-11H,12-18H2,1-3H3;2H2,1H3. The summed E-state index contributed by atoms with van der Waals surface area (Å²) in [6, 6.07) is 17.3. The SMILES string of the molecule is CN.Cc1ccc2c(N3CCN(CCc4cccc5c4OCc4nc(C)c(C)n4-5)CC3)cccc2n1. The monoisotopic (exact) mass is 484 g/mol. The molecule has 0 spiro atoms. The largest absolute Gasteiger partial charge is 0.483 e. The number of hydrogen-bond donors (Lipinski definition) is 1. The number of piperazine rings is 1. The van der Waals surface area contributed by atoms with E-state index in [4.69, 9.17) is 9.72 Å². The number of anilines is 1. The van der Waals surface area contributed by atoms with E-state index in [1.807, 2.05) is 0 Å². The van der Waals surface area contributed by atoms with Gasteiger partial charge in [0.25, 0.3) is 0 Å². The van der Waals surface area contributed by atoms with Crippen LogP contribution in [0.4, 0.5) is 5.69 Å². The Balaban J connectivity index is 0.00000130. The van der Waals surface area contributed by atoms with Gasteiger partial charge in [-0.2, -0.15) is 0 Å². The average Bonchev–Trinajstić information content (AvgIpc) is 3.21. The van der Waals surface area contributed by atoms with E-state index in [0.29, 0.717) is 6.61 Å². The van der Waals surface area contributed by atoms with Crippen molar-refractivity contribution in [2.24, 2.45) is 5.73 Å². The number of fused-ring (bicyclic) bond motifs is 4. The first-order valence-electron chi connectivity index (χ1n) is 12.8. The van der Waals surface area contributed by atoms with Crippen LogP contribution in [0.5, 0.6) is 5.75 Å². The molecule has 7 heteroatoms. The van der Waals surface area contributed by atoms with Crippen LogP contribution in [0.25, 0.3) is 16.6 Å². The number of nitrogens with two attached hydrogens (primary N) is 1. The summed E-state index contributed by atoms with van der Waals surface area (Å²) in [7, 11) is 1.50. The molecule has 0 atom stereocenters. The Labute approximate surface area is 213 Å². The summed E-state index contributed by atoms with van der Waals surface area (Å²) in [6.07, 6.45) is 0.989. The van der Waals surface area contributed by atoms with Gasteiger partial charge in [-0.05, 0) is 70.1 Å². The van der Waals surface area contributed by atoms with E-state index in [9.17, 15) is 0 Å². The third-order valence-corrected chi connectivity index (χ3v) is 7.33. The summed E-state index contributed by atoms with van der Waals surface area (Å²) in [5, 5.41) is 1.25. The van der Waals surface area contributed by atoms with Crippen LogP contribution in [-0.4, -0.2) is 59.2 Å². The summed E-state index contributed by atoms with van der Waals surface area (Å²) < 4.78 is 8.46. The number of ether oxygens (including phenoxy) is 1. The lowest BCUT2D eigenvalue weighted by Crippen LogP contribution is -2.47. The second-order valence-electron chi connectivity index (χ2n) is 9.46. The number of hydrogen-bond acceptors (Lipinski definition) is 6. The highest BCUT2D eigenvalue weighted by molar-refractivity contribution is 5.92. The number of pyridine rings is 1. The van der Waals surface area contributed by atoms with Crippen LogP contribution in [0.15, 0.2) is 48.5 Å². The first-order chi connectivity index (χ1) is 17.6. The highest BCUT2D eigenvalue weighted by Gasteiger charge is 2.24. The molecule has 188 valence electrons. The van der Waals surface area contributed by atoms with Crippen LogP contribution >= 0.6 is 0 Å². The molecule has 6 rings (SSSR count). The summed E-state index contributed by atoms with van der Waals surface area (Å²) in [5.74, 6) is 2.02. The topological polar surface area (TPSA) is 72.4 Å². The molecule has 0 amide bonds. The molecular formula is C29H36N6O. The van der Waals surface area contributed by atoms with E-state index < -0.39 is 0 Å². The minimum atomic E-state index is 0.538. The number of para-hydroxylation sites is 1. The predicted molar refractivity (Wildman–Crippen MR) is 146 cm³/mol. The minimum absolute atomic E-state index is 0.538. The van der Waals surface area contributed by atoms with Gasteiger partial charge < -0.3 is 15.4 Å². The first kappa shape index (κ1) is 24.3. The zero-order valence-electron chi connectivity index (χ0n) is 21.8. The van der Waals surface area contributed by atoms with Gasteiger partial charge in [0.05, 0.1) is 16.9 Å². The van der Waals surface area contributed by atoms with Crippen molar-refractivity contribution in [2.45, 2.75) is 33.8 Å². The summed E-state index contributed by atoms with van der Waals surface area (Å²) in [5.41, 5.74) is 12.6. The van der Waals surface area contributed by atoms with Crippen molar-refractivity contribution in [1.29, 1.82) is 0 Å². The molecule has 0 saturated carbocycles. The number of imidazole rings is 1. The molecule has 0 radical (unpaired) electrons. The van der Waals surface area contributed by atoms with E-state index >= 15 is 0 Å². The molecule has 0 bridgehead atoms. The lowest BCUT2D eigenvalue weighted by atomic mass is 10.1. The second kappa shape index (κ2) is 10.3. The number of benzene rings is 2. The van der Waals surface area contributed by atoms with E-state index in [-0.39, 0.29) is 0 Å². The van der Waals surface area contributed by atoms with E-state index in [2.05, 4.69) is 94.4 Å². The fourth-order valence-electron chi connectivity index (χ4n) is 5.35. The quantitative estimate of drug-likeness (QED) is 0.469. The van der Waals surface area contributed by atoms with Crippen LogP contribution < -0.4 is 15.4 Å². The molecular weight excluding hydrogens is 448 g/mol. The lowest BCUT2D eigenvalue weighted by molar-refractivity contribution is 0.254. The fraction of sp³-hybridized carbons (Fsp3) is 0.379. The third-order valence-electron chi connectivity index (χ3n) is 7.33. The molecule has 2 aromatic carbocycles. The molecule has 0 aliphatic carbocycles. The van der Waals surface area contributed by atoms with Crippen LogP contribution in [0.2, 0.25) is 0 Å². The Kier molecular flexibility index (Phi) is 6.94. The second-order valence-corrected chi connectivity index (χ2v) is 9.46. The van der Waals surface area contributed by atoms with Crippen molar-refractivity contribution < 1.29 is 4.74 Å². The number of rotatable bonds is 4. The third kappa shape index (κ3) is 4.45. The molecule has 2 aromatic heterocycles. The molecule has 4 heterocycles. The molecule has 36 heavy (non-hydrogen) atoms. The summed E-state index contributed by atoms with van der Waals surface area (Å²) in [6.45, 7) is 12.0. The Morgan fingerprint density at radius 1 is 0.861 bits per heavy atom. The van der Waals surface area contributed by atoms with Gasteiger partial charge in [0.15, 0.2) is 5.82 Å². The fourth-order valence-corrected chi connectivity index (χ4v) is 5.35. The van der Waals surface area contributed by atoms with Crippen molar-refractivity contribution in [3.8, 4) is 11.4 Å². The van der Waals surface area contributed by atoms with E-state index in [0.717, 1.165) is 73.3 Å². The summed E-state index contributed by atoms with van der Waals surface area (Å²) >= 11 is 0. The predicted octanol–water partition coefficient (Wildman–Crippen LogP) is 4.18. The van der Waals surface area contributed by atoms with Gasteiger partial charge in [-0.15, -0.1) is 0 Å². The van der Waals surface area contributed by atoms with E-state index in [1.165, 1.54) is 29.4 Å². The molecule has 2 N–H and O–H groups in total. The number of nitrogens with zero attached hydrogens (tertiary/aromatic N) is 5. The van der Waals surface area contributed by atoms with Crippen LogP contribution in [0, 0.1) is 20.8 Å². The van der Waals surface area contributed by atoms with Crippen molar-refractivity contribution >= 4 is 16.6 Å². The van der Waals surface area contributed by atoms with Gasteiger partial charge in [0, 0.05) is 55.2 Å². The average molecular weight is 485 g/mol. The van der Waals surface area contributed by atoms with Gasteiger partial charge in [-0.1, -0.05) is 18.2 Å². The highest BCUT2D eigenvalue weighted by Crippen LogP contribution is 2.35. The highest BCUT2D eigenvalue weighted by atomic mass is 16.5. The van der Waals surface area contributed by atoms with Gasteiger partial charge in [-0.3, -0.25) is 14.5 Å². The molecule has 2 aliphatic rings. The maximum absolute atomic E-state index is 6.20. The van der Waals surface area contributed by atoms with Crippen molar-refractivity contribution in [2.75, 3.05) is 44.7 Å². The summed E-state index contributed by atoms with van der Waals surface area (Å²) in [4.78, 5) is 14.5. The zero-order chi connectivity index (χ0) is 25.2. The normalized spacial score (nSPS) is 15.1. The molecule has 4 aromatic rings. The number of aryl methyl sites for hydroxylation is 2. The Morgan fingerprint density at radius 3 is 2.42 bits per heavy atom. The zero-order valence-corrected chi connectivity index (χ0v) is 21.8. The molecule has 1 saturated heterocycles. The number of aromatic nitrogens is 3. The smallest absolute Gasteiger partial charge is 0.152 e. The van der Waals surface area contributed by atoms with Gasteiger partial charge in [0.2, 0.25) is 0 Å². The minimum Gasteiger partial charge on any atom is -0.483 e. The van der Waals surface area contributed by atoms with E-state index in [1.54, 1.807) is 0 Å². The van der Waals surface area contributed by atoms with Crippen LogP contribution in [0.1, 0.15) is 28.5 Å². The molecule has 0 unspecified atom stereocenters. The Hall–Kier alpha value is -3.42. The lowest BCUT2D eigenvalue weighted by Gasteiger charge is -2.36. The molecule has 1 fully saturated rings. The Bertz CT molecular complexity index is 1370. The molecule has 7 nitrogen and oxygen atoms in total. The van der Waals surface area contributed by atoms with Crippen LogP contribution in [-0.2, 0) is 13.0 Å². The van der Waals surface area contributed by atoms with Gasteiger partial charge >= 0.3 is 0 Å². The van der Waals surface area contributed by atoms with Crippen molar-refractivity contribution in [3.63, 3.8) is 0 Å². The van der Waals surface area contributed by atoms with Gasteiger partial charge in [-0.25, -0.2) is 4.98 Å². The maximum Gasteiger partial charge on any atom is 0.152 e.